The predicted molar refractivity (Wildman–Crippen MR) is 515 cm³/mol. The van der Waals surface area contributed by atoms with Gasteiger partial charge in [-0.1, -0.05) is 303 Å². The molecule has 20 rings (SSSR count). The van der Waals surface area contributed by atoms with Crippen molar-refractivity contribution in [3.05, 3.63) is 377 Å². The Balaban J connectivity index is 0.000000128. The fourth-order valence-corrected chi connectivity index (χ4v) is 17.8. The lowest BCUT2D eigenvalue weighted by atomic mass is 9.99. The molecular weight excluding hydrogens is 1470 g/mol. The maximum atomic E-state index is 4.88. The number of unbranched alkanes of at least 4 members (excludes halogenated alkanes) is 9. The highest BCUT2D eigenvalue weighted by Crippen LogP contribution is 2.43. The van der Waals surface area contributed by atoms with Gasteiger partial charge >= 0.3 is 0 Å². The van der Waals surface area contributed by atoms with E-state index in [1.807, 2.05) is 0 Å². The summed E-state index contributed by atoms with van der Waals surface area (Å²) in [6, 6.07) is 118. The Morgan fingerprint density at radius 3 is 0.777 bits per heavy atom. The minimum atomic E-state index is 0.708. The molecule has 0 aliphatic heterocycles. The molecule has 0 aliphatic carbocycles. The fraction of sp³-hybridized carbons (Fsp3) is 0.184. The standard InChI is InChI=1S/C47H37N3.C35H43N3.C32H25N/c1-28-6-12-33(13-7-28)48-46-20-14-34(49-42-16-8-29(2)22-36(42)37-23-30(3)9-17-43(37)49)26-40(46)41-27-35(15-21-47(41)48)50-44-18-10-31(4)24-38(44)39-25-32(5)11-19-45(39)50;1-4-5-6-7-8-9-10-11-12-13-14-29-19-25-32(26-20-29)35-37-33(30-21-15-27(2)16-22-30)36-34(38-35)31-23-17-28(3)18-24-31;1-22-8-12-24(13-9-22)26-16-18-31-29(20-26)30-21-27(25-14-10-23(2)11-15-25)17-19-32(30)33(31)28-6-4-3-5-7-28/h6-27H,1-5H3;15-26H,4-14H2,1-3H3;3-21H,1-2H3. The van der Waals surface area contributed by atoms with Crippen molar-refractivity contribution in [1.29, 1.82) is 0 Å². The molecule has 15 aromatic carbocycles. The summed E-state index contributed by atoms with van der Waals surface area (Å²) in [5, 5.41) is 10.2. The average Bonchev–Trinajstić information content (AvgIpc) is 1.56. The largest absolute Gasteiger partial charge is 0.309 e. The third-order valence-corrected chi connectivity index (χ3v) is 24.5. The Labute approximate surface area is 712 Å². The second kappa shape index (κ2) is 34.5. The topological polar surface area (TPSA) is 58.4 Å². The molecule has 0 unspecified atom stereocenters. The zero-order valence-corrected chi connectivity index (χ0v) is 71.5. The van der Waals surface area contributed by atoms with E-state index in [0.717, 1.165) is 28.9 Å². The average molecular weight is 1570 g/mol. The van der Waals surface area contributed by atoms with Gasteiger partial charge in [0, 0.05) is 82.5 Å². The molecule has 0 saturated carbocycles. The maximum Gasteiger partial charge on any atom is 0.164 e. The van der Waals surface area contributed by atoms with Crippen LogP contribution in [0.4, 0.5) is 0 Å². The van der Waals surface area contributed by atoms with E-state index < -0.39 is 0 Å². The molecule has 0 aliphatic rings. The van der Waals surface area contributed by atoms with Gasteiger partial charge < -0.3 is 18.3 Å². The summed E-state index contributed by atoms with van der Waals surface area (Å²) in [4.78, 5) is 14.6. The van der Waals surface area contributed by atoms with Crippen LogP contribution in [-0.2, 0) is 6.42 Å². The molecule has 0 N–H and O–H groups in total. The number of benzene rings is 15. The smallest absolute Gasteiger partial charge is 0.164 e. The van der Waals surface area contributed by atoms with Crippen LogP contribution in [0, 0.1) is 62.3 Å². The van der Waals surface area contributed by atoms with Crippen LogP contribution < -0.4 is 0 Å². The molecule has 5 heterocycles. The maximum absolute atomic E-state index is 4.88. The van der Waals surface area contributed by atoms with E-state index >= 15 is 0 Å². The van der Waals surface area contributed by atoms with Crippen LogP contribution in [0.1, 0.15) is 127 Å². The second-order valence-electron chi connectivity index (χ2n) is 33.9. The third kappa shape index (κ3) is 16.4. The van der Waals surface area contributed by atoms with Crippen LogP contribution >= 0.6 is 0 Å². The number of rotatable bonds is 20. The normalized spacial score (nSPS) is 11.6. The van der Waals surface area contributed by atoms with Gasteiger partial charge in [-0.3, -0.25) is 0 Å². The molecule has 0 atom stereocenters. The summed E-state index contributed by atoms with van der Waals surface area (Å²) in [5.41, 5.74) is 35.2. The Hall–Kier alpha value is -13.5. The molecule has 0 amide bonds. The summed E-state index contributed by atoms with van der Waals surface area (Å²) in [5.74, 6) is 2.14. The summed E-state index contributed by atoms with van der Waals surface area (Å²) >= 11 is 0. The molecule has 0 spiro atoms. The van der Waals surface area contributed by atoms with E-state index in [1.165, 1.54) is 252 Å². The minimum absolute atomic E-state index is 0.708. The molecule has 0 radical (unpaired) electrons. The van der Waals surface area contributed by atoms with E-state index in [4.69, 9.17) is 15.0 Å². The number of para-hydroxylation sites is 1. The molecule has 20 aromatic rings. The monoisotopic (exact) mass is 1570 g/mol. The zero-order valence-electron chi connectivity index (χ0n) is 71.5. The first-order valence-corrected chi connectivity index (χ1v) is 43.6. The van der Waals surface area contributed by atoms with E-state index in [2.05, 4.69) is 409 Å². The van der Waals surface area contributed by atoms with Crippen LogP contribution in [0.25, 0.3) is 166 Å². The lowest BCUT2D eigenvalue weighted by Crippen LogP contribution is -2.00. The number of aromatic nitrogens is 7. The Morgan fingerprint density at radius 2 is 0.430 bits per heavy atom. The third-order valence-electron chi connectivity index (χ3n) is 24.5. The van der Waals surface area contributed by atoms with Gasteiger partial charge in [0.25, 0.3) is 0 Å². The lowest BCUT2D eigenvalue weighted by Gasteiger charge is -2.11. The SMILES string of the molecule is CCCCCCCCCCCCc1ccc(-c2nc(-c3ccc(C)cc3)nc(-c3ccc(C)cc3)n2)cc1.Cc1ccc(-c2ccc3c(c2)c2cc(-c4ccc(C)cc4)ccc2n3-c2ccccc2)cc1.Cc1ccc(-n2c3ccc(-n4c5ccc(C)cc5c5cc(C)ccc54)cc3c3cc(-n4c5ccc(C)cc5c5cc(C)ccc54)ccc32)cc1. The number of aryl methyl sites for hydroxylation is 10. The van der Waals surface area contributed by atoms with Crippen LogP contribution in [0.2, 0.25) is 0 Å². The summed E-state index contributed by atoms with van der Waals surface area (Å²) in [6.07, 6.45) is 14.8. The van der Waals surface area contributed by atoms with Gasteiger partial charge in [0.05, 0.1) is 44.1 Å². The summed E-state index contributed by atoms with van der Waals surface area (Å²) in [6.45, 7) is 21.6. The summed E-state index contributed by atoms with van der Waals surface area (Å²) in [7, 11) is 0. The highest BCUT2D eigenvalue weighted by Gasteiger charge is 2.22. The highest BCUT2D eigenvalue weighted by atomic mass is 15.0. The van der Waals surface area contributed by atoms with Crippen LogP contribution in [-0.4, -0.2) is 33.2 Å². The van der Waals surface area contributed by atoms with Crippen molar-refractivity contribution >= 4 is 87.2 Å². The van der Waals surface area contributed by atoms with E-state index in [1.54, 1.807) is 0 Å². The lowest BCUT2D eigenvalue weighted by molar-refractivity contribution is 0.556. The summed E-state index contributed by atoms with van der Waals surface area (Å²) < 4.78 is 9.69. The van der Waals surface area contributed by atoms with Crippen molar-refractivity contribution in [2.75, 3.05) is 0 Å². The van der Waals surface area contributed by atoms with E-state index in [0.29, 0.717) is 11.6 Å². The molecular formula is C114H105N7. The van der Waals surface area contributed by atoms with Crippen molar-refractivity contribution in [2.24, 2.45) is 0 Å². The van der Waals surface area contributed by atoms with Crippen molar-refractivity contribution in [3.8, 4) is 79.2 Å². The molecule has 5 aromatic heterocycles. The molecule has 0 saturated heterocycles. The van der Waals surface area contributed by atoms with Crippen molar-refractivity contribution < 1.29 is 0 Å². The van der Waals surface area contributed by atoms with Crippen molar-refractivity contribution in [2.45, 2.75) is 140 Å². The fourth-order valence-electron chi connectivity index (χ4n) is 17.8. The number of fused-ring (bicyclic) bond motifs is 12. The zero-order chi connectivity index (χ0) is 82.8. The van der Waals surface area contributed by atoms with Gasteiger partial charge in [-0.2, -0.15) is 0 Å². The first-order chi connectivity index (χ1) is 59.1. The van der Waals surface area contributed by atoms with Gasteiger partial charge in [0.2, 0.25) is 0 Å². The van der Waals surface area contributed by atoms with Crippen LogP contribution in [0.3, 0.4) is 0 Å². The Kier molecular flexibility index (Phi) is 22.4. The quantitative estimate of drug-likeness (QED) is 0.0715. The van der Waals surface area contributed by atoms with Crippen molar-refractivity contribution in [3.63, 3.8) is 0 Å². The van der Waals surface area contributed by atoms with Gasteiger partial charge in [0.15, 0.2) is 17.5 Å². The Morgan fingerprint density at radius 1 is 0.190 bits per heavy atom. The minimum Gasteiger partial charge on any atom is -0.309 e. The first kappa shape index (κ1) is 78.7. The second-order valence-corrected chi connectivity index (χ2v) is 33.9. The van der Waals surface area contributed by atoms with E-state index in [-0.39, 0.29) is 0 Å². The first-order valence-electron chi connectivity index (χ1n) is 43.6. The van der Waals surface area contributed by atoms with Crippen molar-refractivity contribution in [1.82, 2.24) is 33.2 Å². The van der Waals surface area contributed by atoms with Crippen LogP contribution in [0.5, 0.6) is 0 Å². The number of hydrogen-bond acceptors (Lipinski definition) is 3. The number of hydrogen-bond donors (Lipinski definition) is 0. The molecule has 7 nitrogen and oxygen atoms in total. The van der Waals surface area contributed by atoms with Gasteiger partial charge in [-0.05, 0) is 236 Å². The highest BCUT2D eigenvalue weighted by molar-refractivity contribution is 6.15. The molecule has 121 heavy (non-hydrogen) atoms. The predicted octanol–water partition coefficient (Wildman–Crippen LogP) is 31.2. The molecule has 596 valence electrons. The Bertz CT molecular complexity index is 6690. The van der Waals surface area contributed by atoms with Gasteiger partial charge in [-0.25, -0.2) is 15.0 Å². The van der Waals surface area contributed by atoms with Crippen LogP contribution in [0.15, 0.2) is 322 Å². The van der Waals surface area contributed by atoms with Gasteiger partial charge in [-0.15, -0.1) is 0 Å². The molecule has 7 heteroatoms. The van der Waals surface area contributed by atoms with Gasteiger partial charge in [0.1, 0.15) is 0 Å². The molecule has 0 fully saturated rings. The molecule has 0 bridgehead atoms. The number of nitrogens with zero attached hydrogens (tertiary/aromatic N) is 7. The van der Waals surface area contributed by atoms with E-state index in [9.17, 15) is 0 Å².